The van der Waals surface area contributed by atoms with E-state index in [0.29, 0.717) is 17.9 Å². The summed E-state index contributed by atoms with van der Waals surface area (Å²) in [5.74, 6) is -0.00374. The van der Waals surface area contributed by atoms with Crippen molar-refractivity contribution in [2.24, 2.45) is 11.3 Å². The number of rotatable bonds is 24. The van der Waals surface area contributed by atoms with E-state index in [1.165, 1.54) is 10.8 Å². The fraction of sp³-hybridized carbons (Fsp3) is 0.431. The molecule has 1 aliphatic rings. The van der Waals surface area contributed by atoms with Crippen LogP contribution < -0.4 is 26.0 Å². The highest BCUT2D eigenvalue weighted by Gasteiger charge is 2.49. The number of nitrogens with zero attached hydrogens (tertiary/aromatic N) is 4. The van der Waals surface area contributed by atoms with E-state index in [0.717, 1.165) is 46.0 Å². The van der Waals surface area contributed by atoms with Crippen LogP contribution in [0, 0.1) is 22.7 Å². The van der Waals surface area contributed by atoms with E-state index in [-0.39, 0.29) is 49.7 Å². The Hall–Kier alpha value is -6.44. The minimum Gasteiger partial charge on any atom is -0.497 e. The molecule has 398 valence electrons. The molecule has 4 aromatic carbocycles. The van der Waals surface area contributed by atoms with E-state index in [2.05, 4.69) is 28.0 Å². The minimum absolute atomic E-state index is 0.0141. The molecule has 2 aromatic heterocycles. The van der Waals surface area contributed by atoms with Gasteiger partial charge in [0.15, 0.2) is 0 Å². The number of carbonyl (C=O) groups is 2. The number of benzene rings is 4. The second-order valence-corrected chi connectivity index (χ2v) is 21.5. The Morgan fingerprint density at radius 2 is 1.47 bits per heavy atom. The zero-order chi connectivity index (χ0) is 54.0. The highest BCUT2D eigenvalue weighted by atomic mass is 31.2. The fourth-order valence-corrected chi connectivity index (χ4v) is 11.9. The smallest absolute Gasteiger partial charge is 0.330 e. The Morgan fingerprint density at radius 1 is 0.867 bits per heavy atom. The first kappa shape index (κ1) is 56.3. The number of aromatic nitrogens is 3. The van der Waals surface area contributed by atoms with Crippen LogP contribution in [0.4, 0.5) is 0 Å². The molecule has 6 aromatic rings. The average molecular weight is 1040 g/mol. The number of H-pyrrole nitrogens is 1. The number of hydrogen-bond donors (Lipinski definition) is 2. The third-order valence-corrected chi connectivity index (χ3v) is 15.9. The van der Waals surface area contributed by atoms with E-state index in [4.69, 9.17) is 28.0 Å². The van der Waals surface area contributed by atoms with Gasteiger partial charge < -0.3 is 33.3 Å². The van der Waals surface area contributed by atoms with Gasteiger partial charge >= 0.3 is 5.69 Å². The SMILES string of the molecule is CCCC(C)(C)C(=O)n1cc(CCNC(=O)c2cn([C@@H]3O[C@H](COC(c4ccccc4)(c4ccc(OC)cc4)c4ccc(OC)cc4)C(OP(OCCC#N)N(C(C)C)C(C)C)[C@@H]3C)c(=O)[nH]c2=O)c2ccccc21. The quantitative estimate of drug-likeness (QED) is 0.0332. The molecular formula is C58H71N6O10P. The summed E-state index contributed by atoms with van der Waals surface area (Å²) >= 11 is 0. The van der Waals surface area contributed by atoms with Gasteiger partial charge in [0.25, 0.3) is 20.0 Å². The largest absolute Gasteiger partial charge is 0.497 e. The van der Waals surface area contributed by atoms with Crippen LogP contribution in [-0.2, 0) is 30.5 Å². The second kappa shape index (κ2) is 24.9. The van der Waals surface area contributed by atoms with Crippen LogP contribution in [-0.4, -0.2) is 88.9 Å². The molecule has 0 spiro atoms. The van der Waals surface area contributed by atoms with Gasteiger partial charge in [-0.1, -0.05) is 107 Å². The van der Waals surface area contributed by atoms with Gasteiger partial charge in [0.1, 0.15) is 41.1 Å². The van der Waals surface area contributed by atoms with Gasteiger partial charge in [0.05, 0.1) is 45.4 Å². The molecule has 17 heteroatoms. The normalized spacial score (nSPS) is 17.4. The molecule has 0 bridgehead atoms. The Labute approximate surface area is 440 Å². The van der Waals surface area contributed by atoms with E-state index in [9.17, 15) is 24.4 Å². The Morgan fingerprint density at radius 3 is 2.05 bits per heavy atom. The number of fused-ring (bicyclic) bond motifs is 1. The van der Waals surface area contributed by atoms with E-state index < -0.39 is 61.1 Å². The van der Waals surface area contributed by atoms with Crippen molar-refractivity contribution in [3.63, 3.8) is 0 Å². The molecule has 0 saturated carbocycles. The number of nitrogens with one attached hydrogen (secondary N) is 2. The highest BCUT2D eigenvalue weighted by molar-refractivity contribution is 7.44. The highest BCUT2D eigenvalue weighted by Crippen LogP contribution is 2.52. The van der Waals surface area contributed by atoms with Crippen molar-refractivity contribution in [2.45, 2.75) is 117 Å². The second-order valence-electron chi connectivity index (χ2n) is 20.1. The molecule has 2 unspecified atom stereocenters. The Bertz CT molecular complexity index is 2980. The number of aromatic amines is 1. The summed E-state index contributed by atoms with van der Waals surface area (Å²) in [5.41, 5.74) is 0.258. The van der Waals surface area contributed by atoms with Crippen LogP contribution in [0.15, 0.2) is 125 Å². The maximum atomic E-state index is 14.0. The summed E-state index contributed by atoms with van der Waals surface area (Å²) in [7, 11) is 1.38. The lowest BCUT2D eigenvalue weighted by Gasteiger charge is -2.39. The number of nitriles is 1. The Kier molecular flexibility index (Phi) is 18.7. The molecule has 0 aliphatic carbocycles. The monoisotopic (exact) mass is 1040 g/mol. The van der Waals surface area contributed by atoms with Gasteiger partial charge in [-0.3, -0.25) is 28.5 Å². The molecule has 5 atom stereocenters. The molecule has 1 saturated heterocycles. The maximum absolute atomic E-state index is 14.0. The van der Waals surface area contributed by atoms with E-state index in [1.54, 1.807) is 18.8 Å². The average Bonchev–Trinajstić information content (AvgIpc) is 3.92. The van der Waals surface area contributed by atoms with Gasteiger partial charge in [-0.2, -0.15) is 5.26 Å². The van der Waals surface area contributed by atoms with Crippen molar-refractivity contribution in [3.8, 4) is 17.6 Å². The lowest BCUT2D eigenvalue weighted by Crippen LogP contribution is -2.41. The molecule has 1 fully saturated rings. The maximum Gasteiger partial charge on any atom is 0.330 e. The summed E-state index contributed by atoms with van der Waals surface area (Å²) in [6.45, 7) is 16.2. The molecule has 75 heavy (non-hydrogen) atoms. The van der Waals surface area contributed by atoms with Crippen LogP contribution in [0.1, 0.15) is 118 Å². The lowest BCUT2D eigenvalue weighted by molar-refractivity contribution is -0.0931. The van der Waals surface area contributed by atoms with Crippen LogP contribution in [0.25, 0.3) is 10.9 Å². The third-order valence-electron chi connectivity index (χ3n) is 13.8. The molecular weight excluding hydrogens is 972 g/mol. The lowest BCUT2D eigenvalue weighted by atomic mass is 9.80. The summed E-state index contributed by atoms with van der Waals surface area (Å²) in [6, 6.07) is 34.9. The van der Waals surface area contributed by atoms with Gasteiger partial charge in [0, 0.05) is 47.7 Å². The van der Waals surface area contributed by atoms with Crippen LogP contribution >= 0.6 is 8.53 Å². The molecule has 0 radical (unpaired) electrons. The fourth-order valence-electron chi connectivity index (χ4n) is 10.1. The summed E-state index contributed by atoms with van der Waals surface area (Å²) in [6.07, 6.45) is 2.40. The van der Waals surface area contributed by atoms with Crippen molar-refractivity contribution in [1.29, 1.82) is 5.26 Å². The molecule has 1 aliphatic heterocycles. The third kappa shape index (κ3) is 12.3. The van der Waals surface area contributed by atoms with Gasteiger partial charge in [-0.15, -0.1) is 0 Å². The van der Waals surface area contributed by atoms with Gasteiger partial charge in [0.2, 0.25) is 5.91 Å². The predicted molar refractivity (Wildman–Crippen MR) is 290 cm³/mol. The molecule has 2 N–H and O–H groups in total. The van der Waals surface area contributed by atoms with Gasteiger partial charge in [-0.05, 0) is 93.1 Å². The summed E-state index contributed by atoms with van der Waals surface area (Å²) in [4.78, 5) is 57.8. The zero-order valence-corrected chi connectivity index (χ0v) is 45.6. The Balaban J connectivity index is 1.25. The minimum atomic E-state index is -1.84. The summed E-state index contributed by atoms with van der Waals surface area (Å²) < 4.78 is 44.0. The number of hydrogen-bond acceptors (Lipinski definition) is 12. The molecule has 3 heterocycles. The predicted octanol–water partition coefficient (Wildman–Crippen LogP) is 10.2. The number of para-hydroxylation sites is 1. The summed E-state index contributed by atoms with van der Waals surface area (Å²) in [5, 5.41) is 13.3. The molecule has 7 rings (SSSR count). The first-order chi connectivity index (χ1) is 36.0. The van der Waals surface area contributed by atoms with Crippen molar-refractivity contribution in [1.82, 2.24) is 24.1 Å². The molecule has 1 amide bonds. The number of amides is 1. The number of carbonyl (C=O) groups excluding carboxylic acids is 2. The number of ether oxygens (including phenoxy) is 4. The van der Waals surface area contributed by atoms with Crippen LogP contribution in [0.5, 0.6) is 11.5 Å². The van der Waals surface area contributed by atoms with Crippen molar-refractivity contribution in [2.75, 3.05) is 34.0 Å². The van der Waals surface area contributed by atoms with Crippen LogP contribution in [0.3, 0.4) is 0 Å². The van der Waals surface area contributed by atoms with E-state index in [1.807, 2.05) is 158 Å². The standard InChI is InChI=1S/C58H71N6O10P/c1-11-31-57(7,8)55(67)62-35-41(47-20-15-16-21-49(47)62)30-33-60-52(65)48-36-63(56(68)61-53(48)66)54-40(6)51(74-75(72-34-17-32-59)64(38(2)3)39(4)5)50(73-54)37-71-58(42-18-13-12-14-19-42,43-22-26-45(69-9)27-23-43)44-24-28-46(70-10)29-25-44/h12-16,18-29,35-36,38-40,50-51,54H,11,17,30-31,33-34,37H2,1-10H3,(H,60,65)(H,61,66,68)/t40-,50+,51?,54+,75?/m0/s1. The molecule has 16 nitrogen and oxygen atoms in total. The first-order valence-electron chi connectivity index (χ1n) is 25.7. The van der Waals surface area contributed by atoms with Crippen LogP contribution in [0.2, 0.25) is 0 Å². The topological polar surface area (TPSA) is 188 Å². The van der Waals surface area contributed by atoms with Crippen molar-refractivity contribution < 1.29 is 37.6 Å². The zero-order valence-electron chi connectivity index (χ0n) is 44.7. The van der Waals surface area contributed by atoms with Gasteiger partial charge in [-0.25, -0.2) is 9.46 Å². The first-order valence-corrected chi connectivity index (χ1v) is 26.8. The van der Waals surface area contributed by atoms with E-state index >= 15 is 0 Å². The van der Waals surface area contributed by atoms with Crippen molar-refractivity contribution >= 4 is 31.2 Å². The number of methoxy groups -OCH3 is 2. The van der Waals surface area contributed by atoms with Crippen molar-refractivity contribution in [3.05, 3.63) is 164 Å².